The number of nitrogens with zero attached hydrogens (tertiary/aromatic N) is 4. The highest BCUT2D eigenvalue weighted by molar-refractivity contribution is 5.96. The lowest BCUT2D eigenvalue weighted by Gasteiger charge is -2.31. The number of aryl methyl sites for hydroxylation is 1. The summed E-state index contributed by atoms with van der Waals surface area (Å²) in [5, 5.41) is 8.36. The SMILES string of the molecule is Cc1ncc(C#Cc2cc(N3CCOCC3)c(N[C@@H]3CCOC3)cn2)c2cc(NC(=O)C3CC3)ncc12. The van der Waals surface area contributed by atoms with Gasteiger partial charge in [0.25, 0.3) is 0 Å². The van der Waals surface area contributed by atoms with Crippen LogP contribution in [0.5, 0.6) is 0 Å². The summed E-state index contributed by atoms with van der Waals surface area (Å²) in [7, 11) is 0. The molecule has 190 valence electrons. The molecule has 37 heavy (non-hydrogen) atoms. The Bertz CT molecular complexity index is 1380. The third kappa shape index (κ3) is 5.36. The molecule has 2 N–H and O–H groups in total. The summed E-state index contributed by atoms with van der Waals surface area (Å²) >= 11 is 0. The number of anilines is 3. The van der Waals surface area contributed by atoms with Crippen molar-refractivity contribution in [1.29, 1.82) is 0 Å². The Hall–Kier alpha value is -3.74. The molecule has 3 aromatic rings. The van der Waals surface area contributed by atoms with Gasteiger partial charge in [-0.15, -0.1) is 0 Å². The van der Waals surface area contributed by atoms with Crippen LogP contribution in [0.25, 0.3) is 10.8 Å². The highest BCUT2D eigenvalue weighted by Crippen LogP contribution is 2.31. The highest BCUT2D eigenvalue weighted by Gasteiger charge is 2.29. The molecule has 3 aromatic heterocycles. The van der Waals surface area contributed by atoms with Crippen molar-refractivity contribution in [2.75, 3.05) is 55.1 Å². The minimum absolute atomic E-state index is 0.0305. The van der Waals surface area contributed by atoms with Gasteiger partial charge in [-0.2, -0.15) is 0 Å². The quantitative estimate of drug-likeness (QED) is 0.518. The molecule has 0 radical (unpaired) electrons. The summed E-state index contributed by atoms with van der Waals surface area (Å²) in [6.45, 7) is 6.47. The smallest absolute Gasteiger partial charge is 0.228 e. The zero-order valence-electron chi connectivity index (χ0n) is 20.9. The van der Waals surface area contributed by atoms with E-state index in [9.17, 15) is 4.79 Å². The van der Waals surface area contributed by atoms with Gasteiger partial charge < -0.3 is 25.0 Å². The van der Waals surface area contributed by atoms with Crippen molar-refractivity contribution in [2.24, 2.45) is 5.92 Å². The zero-order valence-corrected chi connectivity index (χ0v) is 20.9. The van der Waals surface area contributed by atoms with Gasteiger partial charge in [-0.3, -0.25) is 9.78 Å². The van der Waals surface area contributed by atoms with Crippen LogP contribution < -0.4 is 15.5 Å². The molecule has 3 aliphatic rings. The number of carbonyl (C=O) groups excluding carboxylic acids is 1. The fourth-order valence-corrected chi connectivity index (χ4v) is 4.70. The zero-order chi connectivity index (χ0) is 25.2. The number of hydrogen-bond acceptors (Lipinski definition) is 8. The molecule has 1 atom stereocenters. The second kappa shape index (κ2) is 10.3. The van der Waals surface area contributed by atoms with Crippen molar-refractivity contribution in [3.8, 4) is 11.8 Å². The molecular formula is C28H30N6O3. The highest BCUT2D eigenvalue weighted by atomic mass is 16.5. The molecule has 2 saturated heterocycles. The first-order valence-corrected chi connectivity index (χ1v) is 12.9. The molecular weight excluding hydrogens is 468 g/mol. The van der Waals surface area contributed by atoms with Gasteiger partial charge in [0.2, 0.25) is 5.91 Å². The van der Waals surface area contributed by atoms with Gasteiger partial charge in [-0.1, -0.05) is 5.92 Å². The summed E-state index contributed by atoms with van der Waals surface area (Å²) in [4.78, 5) is 28.2. The van der Waals surface area contributed by atoms with E-state index in [-0.39, 0.29) is 17.9 Å². The van der Waals surface area contributed by atoms with Crippen LogP contribution in [-0.4, -0.2) is 66.4 Å². The maximum atomic E-state index is 12.2. The van der Waals surface area contributed by atoms with Gasteiger partial charge in [0.05, 0.1) is 49.0 Å². The Kier molecular flexibility index (Phi) is 6.60. The van der Waals surface area contributed by atoms with E-state index in [0.717, 1.165) is 72.4 Å². The number of rotatable bonds is 5. The first-order valence-electron chi connectivity index (χ1n) is 12.9. The number of carbonyl (C=O) groups is 1. The van der Waals surface area contributed by atoms with Gasteiger partial charge >= 0.3 is 0 Å². The fourth-order valence-electron chi connectivity index (χ4n) is 4.70. The number of fused-ring (bicyclic) bond motifs is 1. The standard InChI is InChI=1S/C28H30N6O3/c1-18-24-15-31-27(33-28(35)19-2-3-19)13-23(24)20(14-29-18)4-5-21-12-26(34-7-10-36-11-8-34)25(16-30-21)32-22-6-9-37-17-22/h12-16,19,22,32H,2-3,6-11,17H2,1H3,(H,31,33,35)/t22-/m1/s1. The second-order valence-corrected chi connectivity index (χ2v) is 9.78. The molecule has 9 nitrogen and oxygen atoms in total. The molecule has 0 unspecified atom stereocenters. The van der Waals surface area contributed by atoms with Gasteiger partial charge in [0.1, 0.15) is 11.5 Å². The van der Waals surface area contributed by atoms with Crippen molar-refractivity contribution < 1.29 is 14.3 Å². The molecule has 0 spiro atoms. The van der Waals surface area contributed by atoms with Crippen LogP contribution in [0.1, 0.15) is 36.2 Å². The Balaban J connectivity index is 1.32. The molecule has 0 aromatic carbocycles. The summed E-state index contributed by atoms with van der Waals surface area (Å²) < 4.78 is 11.1. The van der Waals surface area contributed by atoms with Crippen LogP contribution >= 0.6 is 0 Å². The normalized spacial score (nSPS) is 19.4. The van der Waals surface area contributed by atoms with Gasteiger partial charge in [0, 0.05) is 54.5 Å². The number of ether oxygens (including phenoxy) is 2. The minimum atomic E-state index is 0.0305. The van der Waals surface area contributed by atoms with Crippen LogP contribution in [0.3, 0.4) is 0 Å². The van der Waals surface area contributed by atoms with Crippen molar-refractivity contribution >= 4 is 33.9 Å². The molecule has 1 saturated carbocycles. The van der Waals surface area contributed by atoms with Crippen LogP contribution in [0.4, 0.5) is 17.2 Å². The molecule has 0 bridgehead atoms. The molecule has 6 rings (SSSR count). The number of hydrogen-bond donors (Lipinski definition) is 2. The van der Waals surface area contributed by atoms with Crippen LogP contribution in [0.15, 0.2) is 30.7 Å². The predicted molar refractivity (Wildman–Crippen MR) is 142 cm³/mol. The number of pyridine rings is 3. The van der Waals surface area contributed by atoms with E-state index >= 15 is 0 Å². The van der Waals surface area contributed by atoms with Crippen molar-refractivity contribution in [3.05, 3.63) is 47.7 Å². The van der Waals surface area contributed by atoms with E-state index in [1.807, 2.05) is 25.3 Å². The van der Waals surface area contributed by atoms with Crippen LogP contribution in [0, 0.1) is 24.7 Å². The third-order valence-corrected chi connectivity index (χ3v) is 7.02. The number of nitrogens with one attached hydrogen (secondary N) is 2. The van der Waals surface area contributed by atoms with E-state index < -0.39 is 0 Å². The number of aromatic nitrogens is 3. The maximum absolute atomic E-state index is 12.2. The first-order chi connectivity index (χ1) is 18.1. The molecule has 3 fully saturated rings. The monoisotopic (exact) mass is 498 g/mol. The number of amides is 1. The van der Waals surface area contributed by atoms with E-state index in [1.165, 1.54) is 0 Å². The first kappa shape index (κ1) is 23.6. The topological polar surface area (TPSA) is 102 Å². The van der Waals surface area contributed by atoms with E-state index in [0.29, 0.717) is 31.3 Å². The molecule has 9 heteroatoms. The average molecular weight is 499 g/mol. The summed E-state index contributed by atoms with van der Waals surface area (Å²) in [6.07, 6.45) is 8.27. The molecule has 5 heterocycles. The summed E-state index contributed by atoms with van der Waals surface area (Å²) in [5.74, 6) is 7.19. The fraction of sp³-hybridized carbons (Fsp3) is 0.429. The van der Waals surface area contributed by atoms with Crippen LogP contribution in [0.2, 0.25) is 0 Å². The van der Waals surface area contributed by atoms with Crippen molar-refractivity contribution in [1.82, 2.24) is 15.0 Å². The average Bonchev–Trinajstić information content (AvgIpc) is 3.66. The van der Waals surface area contributed by atoms with Gasteiger partial charge in [-0.05, 0) is 44.2 Å². The third-order valence-electron chi connectivity index (χ3n) is 7.02. The number of morpholine rings is 1. The van der Waals surface area contributed by atoms with E-state index in [4.69, 9.17) is 9.47 Å². The minimum Gasteiger partial charge on any atom is -0.379 e. The molecule has 1 aliphatic carbocycles. The Morgan fingerprint density at radius 1 is 0.973 bits per heavy atom. The summed E-state index contributed by atoms with van der Waals surface area (Å²) in [5.41, 5.74) is 4.39. The maximum Gasteiger partial charge on any atom is 0.228 e. The Morgan fingerprint density at radius 3 is 2.62 bits per heavy atom. The molecule has 2 aliphatic heterocycles. The van der Waals surface area contributed by atoms with Gasteiger partial charge in [0.15, 0.2) is 0 Å². The largest absolute Gasteiger partial charge is 0.379 e. The Labute approximate surface area is 216 Å². The second-order valence-electron chi connectivity index (χ2n) is 9.78. The van der Waals surface area contributed by atoms with Crippen molar-refractivity contribution in [3.63, 3.8) is 0 Å². The van der Waals surface area contributed by atoms with E-state index in [1.54, 1.807) is 12.4 Å². The lowest BCUT2D eigenvalue weighted by atomic mass is 10.1. The van der Waals surface area contributed by atoms with Crippen LogP contribution in [-0.2, 0) is 14.3 Å². The Morgan fingerprint density at radius 2 is 1.84 bits per heavy atom. The van der Waals surface area contributed by atoms with Crippen molar-refractivity contribution in [2.45, 2.75) is 32.2 Å². The van der Waals surface area contributed by atoms with Gasteiger partial charge in [-0.25, -0.2) is 9.97 Å². The summed E-state index contributed by atoms with van der Waals surface area (Å²) in [6, 6.07) is 4.22. The predicted octanol–water partition coefficient (Wildman–Crippen LogP) is 3.12. The molecule has 1 amide bonds. The van der Waals surface area contributed by atoms with E-state index in [2.05, 4.69) is 42.3 Å². The lowest BCUT2D eigenvalue weighted by Crippen LogP contribution is -2.37. The lowest BCUT2D eigenvalue weighted by molar-refractivity contribution is -0.117.